The number of aliphatic carboxylic acids is 1. The summed E-state index contributed by atoms with van der Waals surface area (Å²) in [5.41, 5.74) is 0. The lowest BCUT2D eigenvalue weighted by atomic mass is 10.2. The van der Waals surface area contributed by atoms with Gasteiger partial charge in [-0.25, -0.2) is 9.59 Å². The van der Waals surface area contributed by atoms with Gasteiger partial charge in [0.15, 0.2) is 6.04 Å². The summed E-state index contributed by atoms with van der Waals surface area (Å²) in [7, 11) is 0. The molecule has 0 aromatic carbocycles. The molecule has 8 heteroatoms. The van der Waals surface area contributed by atoms with Gasteiger partial charge >= 0.3 is 12.0 Å². The van der Waals surface area contributed by atoms with Crippen LogP contribution in [-0.4, -0.2) is 47.5 Å². The third kappa shape index (κ3) is 3.47. The van der Waals surface area contributed by atoms with E-state index in [2.05, 4.69) is 10.6 Å². The lowest BCUT2D eigenvalue weighted by Crippen LogP contribution is -2.44. The average Bonchev–Trinajstić information content (AvgIpc) is 2.84. The second-order valence-electron chi connectivity index (χ2n) is 4.32. The van der Waals surface area contributed by atoms with Gasteiger partial charge in [0.2, 0.25) is 5.91 Å². The zero-order chi connectivity index (χ0) is 14.5. The molecule has 0 spiro atoms. The van der Waals surface area contributed by atoms with Crippen LogP contribution in [0.15, 0.2) is 17.5 Å². The van der Waals surface area contributed by atoms with Crippen molar-refractivity contribution in [1.82, 2.24) is 15.5 Å². The Kier molecular flexibility index (Phi) is 4.57. The van der Waals surface area contributed by atoms with E-state index < -0.39 is 18.0 Å². The number of urea groups is 1. The molecular weight excluding hydrogens is 282 g/mol. The van der Waals surface area contributed by atoms with Crippen LogP contribution in [0, 0.1) is 0 Å². The monoisotopic (exact) mass is 297 g/mol. The summed E-state index contributed by atoms with van der Waals surface area (Å²) in [6.07, 6.45) is 0.226. The second kappa shape index (κ2) is 6.38. The topological polar surface area (TPSA) is 98.7 Å². The number of hydrogen-bond acceptors (Lipinski definition) is 4. The number of amides is 3. The Morgan fingerprint density at radius 1 is 1.45 bits per heavy atom. The number of nitrogens with zero attached hydrogens (tertiary/aromatic N) is 1. The van der Waals surface area contributed by atoms with Gasteiger partial charge in [-0.3, -0.25) is 4.79 Å². The Morgan fingerprint density at radius 3 is 2.90 bits per heavy atom. The Bertz CT molecular complexity index is 503. The van der Waals surface area contributed by atoms with E-state index in [1.165, 1.54) is 16.2 Å². The molecule has 108 valence electrons. The van der Waals surface area contributed by atoms with E-state index in [-0.39, 0.29) is 18.9 Å². The van der Waals surface area contributed by atoms with E-state index in [1.54, 1.807) is 17.5 Å². The first kappa shape index (κ1) is 14.3. The highest BCUT2D eigenvalue weighted by Crippen LogP contribution is 2.19. The molecule has 1 fully saturated rings. The first-order chi connectivity index (χ1) is 9.58. The van der Waals surface area contributed by atoms with Crippen LogP contribution in [0.4, 0.5) is 4.79 Å². The number of carbonyl (C=O) groups excluding carboxylic acids is 2. The van der Waals surface area contributed by atoms with Crippen LogP contribution < -0.4 is 10.6 Å². The SMILES string of the molecule is O=C1CCN(C(=O)NC(C(=O)O)c2cccs2)CCN1. The van der Waals surface area contributed by atoms with E-state index in [9.17, 15) is 19.5 Å². The second-order valence-corrected chi connectivity index (χ2v) is 5.30. The standard InChI is InChI=1S/C12H15N3O4S/c16-9-3-5-15(6-4-13-9)12(19)14-10(11(17)18)8-2-1-7-20-8/h1-2,7,10H,3-6H2,(H,13,16)(H,14,19)(H,17,18). The molecule has 3 N–H and O–H groups in total. The van der Waals surface area contributed by atoms with Crippen molar-refractivity contribution in [3.05, 3.63) is 22.4 Å². The summed E-state index contributed by atoms with van der Waals surface area (Å²) in [4.78, 5) is 36.5. The zero-order valence-electron chi connectivity index (χ0n) is 10.7. The van der Waals surface area contributed by atoms with E-state index in [0.717, 1.165) is 0 Å². The van der Waals surface area contributed by atoms with Gasteiger partial charge in [-0.1, -0.05) is 6.07 Å². The van der Waals surface area contributed by atoms with Crippen LogP contribution in [0.2, 0.25) is 0 Å². The predicted octanol–water partition coefficient (Wildman–Crippen LogP) is 0.405. The van der Waals surface area contributed by atoms with Gasteiger partial charge in [0, 0.05) is 30.9 Å². The minimum Gasteiger partial charge on any atom is -0.479 e. The maximum atomic E-state index is 12.1. The third-order valence-corrected chi connectivity index (χ3v) is 3.88. The number of rotatable bonds is 3. The van der Waals surface area contributed by atoms with Gasteiger partial charge in [0.25, 0.3) is 0 Å². The number of carbonyl (C=O) groups is 3. The molecule has 0 aliphatic carbocycles. The minimum atomic E-state index is -1.11. The fourth-order valence-electron chi connectivity index (χ4n) is 1.89. The normalized spacial score (nSPS) is 17.0. The predicted molar refractivity (Wildman–Crippen MR) is 72.4 cm³/mol. The third-order valence-electron chi connectivity index (χ3n) is 2.94. The van der Waals surface area contributed by atoms with Crippen molar-refractivity contribution in [2.24, 2.45) is 0 Å². The number of carboxylic acids is 1. The number of hydrogen-bond donors (Lipinski definition) is 3. The van der Waals surface area contributed by atoms with Crippen LogP contribution in [0.25, 0.3) is 0 Å². The first-order valence-electron chi connectivity index (χ1n) is 6.16. The lowest BCUT2D eigenvalue weighted by Gasteiger charge is -2.22. The van der Waals surface area contributed by atoms with Crippen molar-refractivity contribution in [2.45, 2.75) is 12.5 Å². The molecule has 20 heavy (non-hydrogen) atoms. The molecule has 3 amide bonds. The molecule has 0 radical (unpaired) electrons. The maximum Gasteiger partial charge on any atom is 0.331 e. The maximum absolute atomic E-state index is 12.1. The van der Waals surface area contributed by atoms with Gasteiger partial charge in [0.1, 0.15) is 0 Å². The fraction of sp³-hybridized carbons (Fsp3) is 0.417. The van der Waals surface area contributed by atoms with Gasteiger partial charge in [-0.05, 0) is 11.4 Å². The van der Waals surface area contributed by atoms with Crippen LogP contribution in [-0.2, 0) is 9.59 Å². The Labute approximate surface area is 119 Å². The number of nitrogens with one attached hydrogen (secondary N) is 2. The molecule has 1 aliphatic heterocycles. The van der Waals surface area contributed by atoms with Gasteiger partial charge in [0.05, 0.1) is 0 Å². The summed E-state index contributed by atoms with van der Waals surface area (Å²) >= 11 is 1.27. The number of carboxylic acid groups (broad SMARTS) is 1. The average molecular weight is 297 g/mol. The summed E-state index contributed by atoms with van der Waals surface area (Å²) in [5, 5.41) is 16.1. The first-order valence-corrected chi connectivity index (χ1v) is 7.04. The minimum absolute atomic E-state index is 0.103. The Hall–Kier alpha value is -2.09. The molecular formula is C12H15N3O4S. The van der Waals surface area contributed by atoms with Crippen molar-refractivity contribution in [2.75, 3.05) is 19.6 Å². The lowest BCUT2D eigenvalue weighted by molar-refractivity contribution is -0.139. The summed E-state index contributed by atoms with van der Waals surface area (Å²) in [6, 6.07) is 1.87. The van der Waals surface area contributed by atoms with Crippen LogP contribution in [0.1, 0.15) is 17.3 Å². The van der Waals surface area contributed by atoms with E-state index in [4.69, 9.17) is 0 Å². The quantitative estimate of drug-likeness (QED) is 0.752. The summed E-state index contributed by atoms with van der Waals surface area (Å²) in [6.45, 7) is 1.03. The van der Waals surface area contributed by atoms with Crippen molar-refractivity contribution in [3.8, 4) is 0 Å². The van der Waals surface area contributed by atoms with Gasteiger partial charge < -0.3 is 20.6 Å². The zero-order valence-corrected chi connectivity index (χ0v) is 11.5. The molecule has 1 saturated heterocycles. The van der Waals surface area contributed by atoms with Gasteiger partial charge in [-0.15, -0.1) is 11.3 Å². The highest BCUT2D eigenvalue weighted by atomic mass is 32.1. The molecule has 7 nitrogen and oxygen atoms in total. The molecule has 2 heterocycles. The summed E-state index contributed by atoms with van der Waals surface area (Å²) in [5.74, 6) is -1.21. The molecule has 2 rings (SSSR count). The molecule has 1 aromatic rings. The van der Waals surface area contributed by atoms with E-state index in [1.807, 2.05) is 0 Å². The van der Waals surface area contributed by atoms with Crippen molar-refractivity contribution in [3.63, 3.8) is 0 Å². The molecule has 0 saturated carbocycles. The van der Waals surface area contributed by atoms with Crippen molar-refractivity contribution in [1.29, 1.82) is 0 Å². The highest BCUT2D eigenvalue weighted by Gasteiger charge is 2.26. The molecule has 1 aromatic heterocycles. The van der Waals surface area contributed by atoms with Crippen LogP contribution in [0.3, 0.4) is 0 Å². The smallest absolute Gasteiger partial charge is 0.331 e. The molecule has 1 aliphatic rings. The van der Waals surface area contributed by atoms with Crippen LogP contribution in [0.5, 0.6) is 0 Å². The van der Waals surface area contributed by atoms with E-state index in [0.29, 0.717) is 18.0 Å². The Balaban J connectivity index is 2.01. The largest absolute Gasteiger partial charge is 0.479 e. The number of thiophene rings is 1. The fourth-order valence-corrected chi connectivity index (χ4v) is 2.66. The van der Waals surface area contributed by atoms with E-state index >= 15 is 0 Å². The highest BCUT2D eigenvalue weighted by molar-refractivity contribution is 7.10. The van der Waals surface area contributed by atoms with Crippen molar-refractivity contribution >= 4 is 29.2 Å². The molecule has 0 bridgehead atoms. The molecule has 1 atom stereocenters. The van der Waals surface area contributed by atoms with Crippen molar-refractivity contribution < 1.29 is 19.5 Å². The molecule has 1 unspecified atom stereocenters. The Morgan fingerprint density at radius 2 is 2.25 bits per heavy atom. The summed E-state index contributed by atoms with van der Waals surface area (Å²) < 4.78 is 0. The van der Waals surface area contributed by atoms with Crippen LogP contribution >= 0.6 is 11.3 Å². The van der Waals surface area contributed by atoms with Gasteiger partial charge in [-0.2, -0.15) is 0 Å².